The van der Waals surface area contributed by atoms with E-state index < -0.39 is 19.2 Å². The van der Waals surface area contributed by atoms with Gasteiger partial charge < -0.3 is 14.8 Å². The van der Waals surface area contributed by atoms with Crippen LogP contribution in [0.15, 0.2) is 42.9 Å². The van der Waals surface area contributed by atoms with Gasteiger partial charge in [0, 0.05) is 17.8 Å². The van der Waals surface area contributed by atoms with Crippen LogP contribution < -0.4 is 14.8 Å². The first kappa shape index (κ1) is 22.5. The molecular formula is C24H25F3N4O3. The van der Waals surface area contributed by atoms with Gasteiger partial charge in [0.05, 0.1) is 36.5 Å². The summed E-state index contributed by atoms with van der Waals surface area (Å²) >= 11 is 0. The Morgan fingerprint density at radius 2 is 2.03 bits per heavy atom. The number of ether oxygens (including phenoxy) is 2. The van der Waals surface area contributed by atoms with Crippen molar-refractivity contribution in [2.75, 3.05) is 6.61 Å². The Bertz CT molecular complexity index is 1200. The van der Waals surface area contributed by atoms with Crippen LogP contribution in [0.25, 0.3) is 5.52 Å². The Morgan fingerprint density at radius 1 is 1.24 bits per heavy atom. The smallest absolute Gasteiger partial charge is 0.392 e. The van der Waals surface area contributed by atoms with Crippen molar-refractivity contribution in [2.24, 2.45) is 5.41 Å². The summed E-state index contributed by atoms with van der Waals surface area (Å²) in [5.41, 5.74) is 2.24. The molecule has 3 heterocycles. The molecule has 2 saturated carbocycles. The van der Waals surface area contributed by atoms with Crippen molar-refractivity contribution in [3.8, 4) is 11.6 Å². The van der Waals surface area contributed by atoms with Crippen molar-refractivity contribution < 1.29 is 27.4 Å². The number of rotatable bonds is 7. The summed E-state index contributed by atoms with van der Waals surface area (Å²) in [5.74, 6) is 0.737. The zero-order valence-corrected chi connectivity index (χ0v) is 18.6. The number of fused-ring (bicyclic) bond motifs is 1. The van der Waals surface area contributed by atoms with Crippen LogP contribution in [0.5, 0.6) is 11.6 Å². The SMILES string of the molecule is Cc1cccnc1OC1CC2(CC(NC(=O)c3cnn4cc(OCCC(F)(F)F)ccc34)C2)C1. The molecule has 0 saturated heterocycles. The first-order valence-electron chi connectivity index (χ1n) is 11.3. The van der Waals surface area contributed by atoms with Gasteiger partial charge in [-0.15, -0.1) is 0 Å². The number of alkyl halides is 3. The van der Waals surface area contributed by atoms with Gasteiger partial charge in [-0.05, 0) is 56.2 Å². The minimum absolute atomic E-state index is 0.102. The molecule has 10 heteroatoms. The second kappa shape index (κ2) is 8.48. The van der Waals surface area contributed by atoms with Crippen LogP contribution in [0.1, 0.15) is 48.0 Å². The summed E-state index contributed by atoms with van der Waals surface area (Å²) in [4.78, 5) is 17.1. The van der Waals surface area contributed by atoms with Gasteiger partial charge in [0.2, 0.25) is 5.88 Å². The standard InChI is InChI=1S/C24H25F3N4O3/c1-15-3-2-7-28-22(15)34-18-11-23(12-18)9-16(10-23)30-21(32)19-13-29-31-14-17(4-5-20(19)31)33-8-6-24(25,26)27/h2-5,7,13-14,16,18H,6,8-12H2,1H3,(H,30,32). The average molecular weight is 474 g/mol. The van der Waals surface area contributed by atoms with Crippen LogP contribution in [0.2, 0.25) is 0 Å². The second-order valence-corrected chi connectivity index (χ2v) is 9.32. The molecule has 2 aliphatic carbocycles. The Morgan fingerprint density at radius 3 is 2.76 bits per heavy atom. The van der Waals surface area contributed by atoms with Crippen LogP contribution in [-0.2, 0) is 0 Å². The number of carbonyl (C=O) groups is 1. The minimum Gasteiger partial charge on any atom is -0.492 e. The van der Waals surface area contributed by atoms with Crippen molar-refractivity contribution in [3.05, 3.63) is 54.0 Å². The minimum atomic E-state index is -4.27. The molecule has 180 valence electrons. The number of carbonyl (C=O) groups excluding carboxylic acids is 1. The van der Waals surface area contributed by atoms with Gasteiger partial charge >= 0.3 is 6.18 Å². The van der Waals surface area contributed by atoms with E-state index in [0.29, 0.717) is 17.0 Å². The lowest BCUT2D eigenvalue weighted by atomic mass is 9.53. The number of nitrogens with zero attached hydrogens (tertiary/aromatic N) is 3. The number of nitrogens with one attached hydrogen (secondary N) is 1. The molecule has 0 radical (unpaired) electrons. The summed E-state index contributed by atoms with van der Waals surface area (Å²) in [5, 5.41) is 7.22. The first-order chi connectivity index (χ1) is 16.2. The molecule has 2 aliphatic rings. The summed E-state index contributed by atoms with van der Waals surface area (Å²) in [6.45, 7) is 1.51. The number of aryl methyl sites for hydroxylation is 1. The molecule has 5 rings (SSSR count). The van der Waals surface area contributed by atoms with Crippen molar-refractivity contribution in [3.63, 3.8) is 0 Å². The lowest BCUT2D eigenvalue weighted by molar-refractivity contribution is -0.139. The van der Waals surface area contributed by atoms with E-state index in [-0.39, 0.29) is 29.2 Å². The average Bonchev–Trinajstić information content (AvgIpc) is 3.14. The topological polar surface area (TPSA) is 77.8 Å². The maximum atomic E-state index is 12.8. The largest absolute Gasteiger partial charge is 0.492 e. The first-order valence-corrected chi connectivity index (χ1v) is 11.3. The third-order valence-electron chi connectivity index (χ3n) is 6.64. The third-order valence-corrected chi connectivity index (χ3v) is 6.64. The molecule has 1 spiro atoms. The number of hydrogen-bond acceptors (Lipinski definition) is 5. The van der Waals surface area contributed by atoms with Crippen molar-refractivity contribution in [1.82, 2.24) is 19.9 Å². The number of halogens is 3. The van der Waals surface area contributed by atoms with Gasteiger partial charge in [-0.25, -0.2) is 9.50 Å². The molecule has 0 bridgehead atoms. The van der Waals surface area contributed by atoms with E-state index in [4.69, 9.17) is 9.47 Å². The molecule has 34 heavy (non-hydrogen) atoms. The highest BCUT2D eigenvalue weighted by Gasteiger charge is 2.54. The Balaban J connectivity index is 1.11. The molecule has 7 nitrogen and oxygen atoms in total. The van der Waals surface area contributed by atoms with Gasteiger partial charge in [0.15, 0.2) is 0 Å². The van der Waals surface area contributed by atoms with E-state index in [0.717, 1.165) is 31.2 Å². The molecule has 0 aromatic carbocycles. The zero-order valence-electron chi connectivity index (χ0n) is 18.6. The van der Waals surface area contributed by atoms with Gasteiger partial charge in [-0.3, -0.25) is 4.79 Å². The molecule has 3 aromatic rings. The number of hydrogen-bond donors (Lipinski definition) is 1. The van der Waals surface area contributed by atoms with Gasteiger partial charge in [0.25, 0.3) is 5.91 Å². The van der Waals surface area contributed by atoms with Gasteiger partial charge in [0.1, 0.15) is 11.9 Å². The number of pyridine rings is 2. The lowest BCUT2D eigenvalue weighted by Crippen LogP contribution is -2.58. The van der Waals surface area contributed by atoms with E-state index in [1.807, 2.05) is 19.1 Å². The van der Waals surface area contributed by atoms with E-state index in [1.54, 1.807) is 18.3 Å². The summed E-state index contributed by atoms with van der Waals surface area (Å²) in [6.07, 6.45) is 3.27. The fraction of sp³-hybridized carbons (Fsp3) is 0.458. The summed E-state index contributed by atoms with van der Waals surface area (Å²) in [6, 6.07) is 7.14. The molecular weight excluding hydrogens is 449 g/mol. The predicted octanol–water partition coefficient (Wildman–Crippen LogP) is 4.49. The van der Waals surface area contributed by atoms with Crippen LogP contribution in [0.3, 0.4) is 0 Å². The number of amides is 1. The summed E-state index contributed by atoms with van der Waals surface area (Å²) < 4.78 is 49.5. The second-order valence-electron chi connectivity index (χ2n) is 9.32. The van der Waals surface area contributed by atoms with Crippen molar-refractivity contribution >= 4 is 11.4 Å². The van der Waals surface area contributed by atoms with E-state index in [9.17, 15) is 18.0 Å². The third kappa shape index (κ3) is 4.67. The maximum absolute atomic E-state index is 12.8. The quantitative estimate of drug-likeness (QED) is 0.546. The molecule has 1 amide bonds. The van der Waals surface area contributed by atoms with Crippen LogP contribution in [-0.4, -0.2) is 45.4 Å². The molecule has 0 aliphatic heterocycles. The van der Waals surface area contributed by atoms with Gasteiger partial charge in [-0.2, -0.15) is 18.3 Å². The monoisotopic (exact) mass is 474 g/mol. The highest BCUT2D eigenvalue weighted by atomic mass is 19.4. The molecule has 1 N–H and O–H groups in total. The Labute approximate surface area is 194 Å². The highest BCUT2D eigenvalue weighted by Crippen LogP contribution is 2.56. The van der Waals surface area contributed by atoms with Crippen LogP contribution >= 0.6 is 0 Å². The van der Waals surface area contributed by atoms with E-state index in [1.165, 1.54) is 16.9 Å². The normalized spacial score (nSPS) is 23.9. The summed E-state index contributed by atoms with van der Waals surface area (Å²) in [7, 11) is 0. The van der Waals surface area contributed by atoms with E-state index >= 15 is 0 Å². The number of aromatic nitrogens is 3. The molecule has 0 atom stereocenters. The van der Waals surface area contributed by atoms with Crippen molar-refractivity contribution in [2.45, 2.75) is 57.3 Å². The lowest BCUT2D eigenvalue weighted by Gasteiger charge is -2.57. The van der Waals surface area contributed by atoms with Crippen LogP contribution in [0.4, 0.5) is 13.2 Å². The molecule has 0 unspecified atom stereocenters. The highest BCUT2D eigenvalue weighted by molar-refractivity contribution is 6.00. The Kier molecular flexibility index (Phi) is 5.61. The predicted molar refractivity (Wildman–Crippen MR) is 117 cm³/mol. The van der Waals surface area contributed by atoms with Crippen molar-refractivity contribution in [1.29, 1.82) is 0 Å². The van der Waals surface area contributed by atoms with E-state index in [2.05, 4.69) is 15.4 Å². The fourth-order valence-electron chi connectivity index (χ4n) is 4.94. The molecule has 2 fully saturated rings. The van der Waals surface area contributed by atoms with Crippen LogP contribution in [0, 0.1) is 12.3 Å². The zero-order chi connectivity index (χ0) is 23.9. The maximum Gasteiger partial charge on any atom is 0.392 e. The molecule has 3 aromatic heterocycles. The Hall–Kier alpha value is -3.30. The fourth-order valence-corrected chi connectivity index (χ4v) is 4.94. The van der Waals surface area contributed by atoms with Gasteiger partial charge in [-0.1, -0.05) is 6.07 Å².